The zero-order valence-corrected chi connectivity index (χ0v) is 13.9. The fraction of sp³-hybridized carbons (Fsp3) is 0.154. The Morgan fingerprint density at radius 1 is 1.43 bits per heavy atom. The van der Waals surface area contributed by atoms with Gasteiger partial charge in [-0.2, -0.15) is 0 Å². The molecule has 0 saturated heterocycles. The fourth-order valence-corrected chi connectivity index (χ4v) is 4.02. The van der Waals surface area contributed by atoms with Crippen LogP contribution in [0.15, 0.2) is 38.5 Å². The fourth-order valence-electron chi connectivity index (χ4n) is 1.86. The van der Waals surface area contributed by atoms with E-state index < -0.39 is 0 Å². The molecule has 0 aliphatic rings. The van der Waals surface area contributed by atoms with E-state index in [1.165, 1.54) is 26.8 Å². The lowest BCUT2D eigenvalue weighted by atomic mass is 10.3. The highest BCUT2D eigenvalue weighted by Crippen LogP contribution is 2.22. The molecular formula is C13H10BrN3O2S2. The van der Waals surface area contributed by atoms with Gasteiger partial charge in [-0.3, -0.25) is 14.0 Å². The Morgan fingerprint density at radius 3 is 3.05 bits per heavy atom. The summed E-state index contributed by atoms with van der Waals surface area (Å²) in [5.41, 5.74) is -0.268. The number of fused-ring (bicyclic) bond motifs is 1. The Bertz CT molecular complexity index is 852. The zero-order chi connectivity index (χ0) is 14.8. The van der Waals surface area contributed by atoms with Crippen LogP contribution in [-0.2, 0) is 6.42 Å². The van der Waals surface area contributed by atoms with Crippen molar-refractivity contribution in [1.82, 2.24) is 14.7 Å². The van der Waals surface area contributed by atoms with Crippen LogP contribution in [-0.4, -0.2) is 21.8 Å². The maximum atomic E-state index is 12.1. The number of thiophene rings is 1. The minimum absolute atomic E-state index is 0.0678. The first-order chi connectivity index (χ1) is 10.1. The summed E-state index contributed by atoms with van der Waals surface area (Å²) in [6.07, 6.45) is 3.69. The van der Waals surface area contributed by atoms with E-state index in [0.717, 1.165) is 10.2 Å². The molecule has 3 heterocycles. The molecule has 0 aromatic carbocycles. The molecule has 0 aliphatic carbocycles. The van der Waals surface area contributed by atoms with Gasteiger partial charge in [-0.15, -0.1) is 22.7 Å². The third-order valence-corrected chi connectivity index (χ3v) is 5.33. The van der Waals surface area contributed by atoms with Crippen LogP contribution >= 0.6 is 38.6 Å². The number of carbonyl (C=O) groups is 1. The number of halogens is 1. The van der Waals surface area contributed by atoms with Crippen LogP contribution in [0, 0.1) is 0 Å². The van der Waals surface area contributed by atoms with Crippen molar-refractivity contribution in [3.8, 4) is 0 Å². The van der Waals surface area contributed by atoms with E-state index in [-0.39, 0.29) is 17.0 Å². The number of rotatable bonds is 4. The van der Waals surface area contributed by atoms with E-state index in [0.29, 0.717) is 11.5 Å². The number of thiazole rings is 1. The number of nitrogens with one attached hydrogen (secondary N) is 1. The second-order valence-electron chi connectivity index (χ2n) is 4.24. The predicted octanol–water partition coefficient (Wildman–Crippen LogP) is 2.55. The highest BCUT2D eigenvalue weighted by Gasteiger charge is 2.13. The third kappa shape index (κ3) is 3.07. The van der Waals surface area contributed by atoms with Gasteiger partial charge in [0.1, 0.15) is 5.56 Å². The highest BCUT2D eigenvalue weighted by atomic mass is 79.9. The Morgan fingerprint density at radius 2 is 2.29 bits per heavy atom. The summed E-state index contributed by atoms with van der Waals surface area (Å²) in [4.78, 5) is 30.1. The molecule has 0 saturated carbocycles. The average molecular weight is 384 g/mol. The maximum Gasteiger partial charge on any atom is 0.271 e. The number of aromatic nitrogens is 2. The van der Waals surface area contributed by atoms with Crippen LogP contribution in [0.5, 0.6) is 0 Å². The van der Waals surface area contributed by atoms with Crippen molar-refractivity contribution in [2.45, 2.75) is 6.42 Å². The quantitative estimate of drug-likeness (QED) is 0.752. The number of carbonyl (C=O) groups excluding carboxylic acids is 1. The van der Waals surface area contributed by atoms with Crippen LogP contribution < -0.4 is 10.9 Å². The molecule has 0 bridgehead atoms. The monoisotopic (exact) mass is 383 g/mol. The molecule has 0 spiro atoms. The number of hydrogen-bond acceptors (Lipinski definition) is 5. The van der Waals surface area contributed by atoms with Crippen molar-refractivity contribution in [2.75, 3.05) is 6.54 Å². The highest BCUT2D eigenvalue weighted by molar-refractivity contribution is 9.11. The summed E-state index contributed by atoms with van der Waals surface area (Å²) in [5, 5.41) is 4.52. The van der Waals surface area contributed by atoms with Crippen molar-refractivity contribution in [2.24, 2.45) is 0 Å². The minimum Gasteiger partial charge on any atom is -0.351 e. The van der Waals surface area contributed by atoms with Gasteiger partial charge in [0.25, 0.3) is 11.5 Å². The molecule has 0 atom stereocenters. The van der Waals surface area contributed by atoms with Gasteiger partial charge < -0.3 is 5.32 Å². The van der Waals surface area contributed by atoms with E-state index in [2.05, 4.69) is 26.2 Å². The Labute approximate surface area is 136 Å². The van der Waals surface area contributed by atoms with Gasteiger partial charge in [0, 0.05) is 29.2 Å². The van der Waals surface area contributed by atoms with Gasteiger partial charge in [0.2, 0.25) is 0 Å². The van der Waals surface area contributed by atoms with Gasteiger partial charge >= 0.3 is 0 Å². The molecule has 3 rings (SSSR count). The number of hydrogen-bond donors (Lipinski definition) is 1. The lowest BCUT2D eigenvalue weighted by Crippen LogP contribution is -2.32. The summed E-state index contributed by atoms with van der Waals surface area (Å²) in [6.45, 7) is 0.484. The average Bonchev–Trinajstić information content (AvgIpc) is 3.08. The van der Waals surface area contributed by atoms with Crippen molar-refractivity contribution in [3.05, 3.63) is 54.5 Å². The first-order valence-electron chi connectivity index (χ1n) is 6.12. The van der Waals surface area contributed by atoms with Gasteiger partial charge in [0.15, 0.2) is 4.96 Å². The first-order valence-corrected chi connectivity index (χ1v) is 8.61. The molecular weight excluding hydrogens is 374 g/mol. The topological polar surface area (TPSA) is 63.5 Å². The van der Waals surface area contributed by atoms with E-state index >= 15 is 0 Å². The molecule has 0 fully saturated rings. The van der Waals surface area contributed by atoms with Crippen molar-refractivity contribution < 1.29 is 4.79 Å². The van der Waals surface area contributed by atoms with Gasteiger partial charge in [-0.1, -0.05) is 0 Å². The third-order valence-electron chi connectivity index (χ3n) is 2.87. The number of amides is 1. The van der Waals surface area contributed by atoms with Crippen molar-refractivity contribution in [1.29, 1.82) is 0 Å². The van der Waals surface area contributed by atoms with Crippen LogP contribution in [0.3, 0.4) is 0 Å². The molecule has 1 amide bonds. The molecule has 108 valence electrons. The predicted molar refractivity (Wildman–Crippen MR) is 87.4 cm³/mol. The first kappa shape index (κ1) is 14.4. The van der Waals surface area contributed by atoms with E-state index in [1.54, 1.807) is 22.9 Å². The number of nitrogens with zero attached hydrogens (tertiary/aromatic N) is 2. The standard InChI is InChI=1S/C13H10BrN3O2S2/c14-10-2-1-8(21-10)3-4-15-11(18)9-7-16-13-17(12(9)19)5-6-20-13/h1-2,5-7H,3-4H2,(H,15,18). The lowest BCUT2D eigenvalue weighted by Gasteiger charge is -2.03. The smallest absolute Gasteiger partial charge is 0.271 e. The van der Waals surface area contributed by atoms with Crippen molar-refractivity contribution in [3.63, 3.8) is 0 Å². The molecule has 0 unspecified atom stereocenters. The summed E-state index contributed by atoms with van der Waals surface area (Å²) >= 11 is 6.38. The van der Waals surface area contributed by atoms with Gasteiger partial charge in [0.05, 0.1) is 3.79 Å². The van der Waals surface area contributed by atoms with E-state index in [9.17, 15) is 9.59 Å². The van der Waals surface area contributed by atoms with E-state index in [1.807, 2.05) is 12.1 Å². The normalized spacial score (nSPS) is 10.9. The van der Waals surface area contributed by atoms with Crippen LogP contribution in [0.25, 0.3) is 4.96 Å². The SMILES string of the molecule is O=C(NCCc1ccc(Br)s1)c1cnc2sccn2c1=O. The molecule has 3 aromatic heterocycles. The minimum atomic E-state index is -0.385. The summed E-state index contributed by atoms with van der Waals surface area (Å²) in [7, 11) is 0. The Balaban J connectivity index is 1.69. The molecule has 3 aromatic rings. The van der Waals surface area contributed by atoms with Crippen molar-refractivity contribution >= 4 is 49.5 Å². The Hall–Kier alpha value is -1.51. The molecule has 21 heavy (non-hydrogen) atoms. The molecule has 8 heteroatoms. The van der Waals surface area contributed by atoms with Crippen LogP contribution in [0.1, 0.15) is 15.2 Å². The van der Waals surface area contributed by atoms with Crippen LogP contribution in [0.4, 0.5) is 0 Å². The summed E-state index contributed by atoms with van der Waals surface area (Å²) < 4.78 is 2.45. The molecule has 0 radical (unpaired) electrons. The lowest BCUT2D eigenvalue weighted by molar-refractivity contribution is 0.0952. The Kier molecular flexibility index (Phi) is 4.18. The maximum absolute atomic E-state index is 12.1. The summed E-state index contributed by atoms with van der Waals surface area (Å²) in [6, 6.07) is 3.98. The van der Waals surface area contributed by atoms with Crippen LogP contribution in [0.2, 0.25) is 0 Å². The molecule has 0 aliphatic heterocycles. The van der Waals surface area contributed by atoms with Gasteiger partial charge in [-0.05, 0) is 34.5 Å². The second-order valence-corrected chi connectivity index (χ2v) is 7.66. The largest absolute Gasteiger partial charge is 0.351 e. The second kappa shape index (κ2) is 6.08. The van der Waals surface area contributed by atoms with Gasteiger partial charge in [-0.25, -0.2) is 4.98 Å². The summed E-state index contributed by atoms with van der Waals surface area (Å²) in [5.74, 6) is -0.385. The molecule has 5 nitrogen and oxygen atoms in total. The zero-order valence-electron chi connectivity index (χ0n) is 10.7. The van der Waals surface area contributed by atoms with E-state index in [4.69, 9.17) is 0 Å². The molecule has 1 N–H and O–H groups in total.